The molecule has 0 spiro atoms. The van der Waals surface area contributed by atoms with Gasteiger partial charge in [-0.15, -0.1) is 0 Å². The van der Waals surface area contributed by atoms with Crippen LogP contribution in [0.4, 0.5) is 0 Å². The Morgan fingerprint density at radius 1 is 0.531 bits per heavy atom. The van der Waals surface area contributed by atoms with Crippen molar-refractivity contribution in [3.8, 4) is 0 Å². The number of pyridine rings is 2. The fourth-order valence-corrected chi connectivity index (χ4v) is 4.46. The number of aryl methyl sites for hydroxylation is 1. The highest BCUT2D eigenvalue weighted by molar-refractivity contribution is 9.24. The number of hydrogen-bond donors (Lipinski definition) is 0. The number of alkyl halides is 2. The van der Waals surface area contributed by atoms with E-state index in [1.54, 1.807) is 0 Å². The van der Waals surface area contributed by atoms with Crippen LogP contribution in [-0.4, -0.2) is 9.97 Å². The molecule has 0 aliphatic rings. The van der Waals surface area contributed by atoms with Gasteiger partial charge in [0.05, 0.1) is 16.7 Å². The zero-order chi connectivity index (χ0) is 22.1. The smallest absolute Gasteiger partial charge is 0.112 e. The maximum absolute atomic E-state index is 4.71. The van der Waals surface area contributed by atoms with Crippen molar-refractivity contribution in [3.05, 3.63) is 108 Å². The first-order valence-electron chi connectivity index (χ1n) is 10.4. The van der Waals surface area contributed by atoms with Crippen molar-refractivity contribution < 1.29 is 0 Å². The second-order valence-electron chi connectivity index (χ2n) is 7.71. The van der Waals surface area contributed by atoms with E-state index >= 15 is 0 Å². The van der Waals surface area contributed by atoms with Gasteiger partial charge in [0, 0.05) is 27.2 Å². The third-order valence-corrected chi connectivity index (χ3v) is 6.49. The van der Waals surface area contributed by atoms with Gasteiger partial charge in [-0.3, -0.25) is 9.97 Å². The Bertz CT molecular complexity index is 1570. The third-order valence-electron chi connectivity index (χ3n) is 5.55. The van der Waals surface area contributed by atoms with Crippen LogP contribution in [0.2, 0.25) is 0 Å². The highest BCUT2D eigenvalue weighted by Gasteiger charge is 2.07. The van der Waals surface area contributed by atoms with Gasteiger partial charge in [0.15, 0.2) is 0 Å². The number of halogens is 2. The molecule has 156 valence electrons. The molecule has 32 heavy (non-hydrogen) atoms. The van der Waals surface area contributed by atoms with Crippen LogP contribution in [0.3, 0.4) is 0 Å². The Morgan fingerprint density at radius 3 is 1.59 bits per heavy atom. The Balaban J connectivity index is 0.000000136. The van der Waals surface area contributed by atoms with Crippen molar-refractivity contribution in [2.24, 2.45) is 0 Å². The lowest BCUT2D eigenvalue weighted by molar-refractivity contribution is 1.23. The third kappa shape index (κ3) is 4.13. The van der Waals surface area contributed by atoms with Gasteiger partial charge in [-0.25, -0.2) is 0 Å². The first-order valence-corrected chi connectivity index (χ1v) is 12.2. The zero-order valence-corrected chi connectivity index (χ0v) is 20.6. The van der Waals surface area contributed by atoms with Crippen molar-refractivity contribution in [1.29, 1.82) is 0 Å². The van der Waals surface area contributed by atoms with Crippen LogP contribution in [0, 0.1) is 6.92 Å². The minimum Gasteiger partial charge on any atom is -0.252 e. The van der Waals surface area contributed by atoms with Gasteiger partial charge in [-0.1, -0.05) is 117 Å². The summed E-state index contributed by atoms with van der Waals surface area (Å²) in [5, 5.41) is 7.30. The van der Waals surface area contributed by atoms with Crippen molar-refractivity contribution in [3.63, 3.8) is 0 Å². The van der Waals surface area contributed by atoms with Crippen LogP contribution >= 0.6 is 31.9 Å². The molecule has 4 heteroatoms. The predicted molar refractivity (Wildman–Crippen MR) is 144 cm³/mol. The highest BCUT2D eigenvalue weighted by atomic mass is 79.9. The maximum Gasteiger partial charge on any atom is 0.112 e. The zero-order valence-electron chi connectivity index (χ0n) is 17.5. The van der Waals surface area contributed by atoms with Crippen LogP contribution in [0.5, 0.6) is 0 Å². The van der Waals surface area contributed by atoms with E-state index in [0.717, 1.165) is 22.4 Å². The maximum atomic E-state index is 4.71. The Hall–Kier alpha value is -2.82. The molecular formula is C28H20Br2N2. The van der Waals surface area contributed by atoms with Gasteiger partial charge in [-0.2, -0.15) is 0 Å². The number of benzene rings is 4. The minimum atomic E-state index is 0.0957. The van der Waals surface area contributed by atoms with Gasteiger partial charge < -0.3 is 0 Å². The van der Waals surface area contributed by atoms with E-state index in [1.807, 2.05) is 13.0 Å². The van der Waals surface area contributed by atoms with Gasteiger partial charge in [0.25, 0.3) is 0 Å². The minimum absolute atomic E-state index is 0.0957. The molecule has 0 unspecified atom stereocenters. The van der Waals surface area contributed by atoms with Crippen LogP contribution in [-0.2, 0) is 0 Å². The fourth-order valence-electron chi connectivity index (χ4n) is 3.95. The largest absolute Gasteiger partial charge is 0.252 e. The van der Waals surface area contributed by atoms with Gasteiger partial charge in [0.1, 0.15) is 3.74 Å². The standard InChI is InChI=1S/C14H9Br2N.C14H11N/c15-14(16)12-8-7-10-6-5-9-3-1-2-4-11(9)13(10)17-12;1-10-6-7-12-9-8-11-4-2-3-5-13(11)14(12)15-10/h1-8,14H;2-9H,1H3. The number of nitrogens with zero attached hydrogens (tertiary/aromatic N) is 2. The fraction of sp³-hybridized carbons (Fsp3) is 0.0714. The van der Waals surface area contributed by atoms with E-state index < -0.39 is 0 Å². The van der Waals surface area contributed by atoms with Crippen LogP contribution in [0.15, 0.2) is 97.1 Å². The molecule has 0 radical (unpaired) electrons. The molecule has 2 heterocycles. The summed E-state index contributed by atoms with van der Waals surface area (Å²) in [5.74, 6) is 0. The first kappa shape index (κ1) is 21.0. The quantitative estimate of drug-likeness (QED) is 0.153. The highest BCUT2D eigenvalue weighted by Crippen LogP contribution is 2.31. The Morgan fingerprint density at radius 2 is 1.00 bits per heavy atom. The molecule has 0 N–H and O–H groups in total. The van der Waals surface area contributed by atoms with Gasteiger partial charge in [0.2, 0.25) is 0 Å². The summed E-state index contributed by atoms with van der Waals surface area (Å²) in [7, 11) is 0. The van der Waals surface area contributed by atoms with E-state index in [1.165, 1.54) is 32.3 Å². The van der Waals surface area contributed by atoms with E-state index in [-0.39, 0.29) is 3.74 Å². The molecule has 2 aromatic heterocycles. The summed E-state index contributed by atoms with van der Waals surface area (Å²) < 4.78 is 0.0957. The molecule has 0 fully saturated rings. The first-order chi connectivity index (χ1) is 15.6. The van der Waals surface area contributed by atoms with E-state index in [9.17, 15) is 0 Å². The molecule has 0 saturated carbocycles. The van der Waals surface area contributed by atoms with Gasteiger partial charge in [-0.05, 0) is 29.8 Å². The lowest BCUT2D eigenvalue weighted by Crippen LogP contribution is -1.89. The molecule has 4 aromatic carbocycles. The summed E-state index contributed by atoms with van der Waals surface area (Å²) in [6.07, 6.45) is 0. The predicted octanol–water partition coefficient (Wildman–Crippen LogP) is 8.87. The number of rotatable bonds is 1. The van der Waals surface area contributed by atoms with E-state index in [4.69, 9.17) is 4.98 Å². The van der Waals surface area contributed by atoms with Crippen molar-refractivity contribution in [2.45, 2.75) is 10.7 Å². The lowest BCUT2D eigenvalue weighted by atomic mass is 10.1. The molecule has 0 aliphatic carbocycles. The Kier molecular flexibility index (Phi) is 5.90. The molecule has 0 bridgehead atoms. The summed E-state index contributed by atoms with van der Waals surface area (Å²) >= 11 is 6.97. The molecule has 0 saturated heterocycles. The average Bonchev–Trinajstić information content (AvgIpc) is 2.84. The molecule has 0 amide bonds. The normalized spacial score (nSPS) is 11.2. The van der Waals surface area contributed by atoms with Crippen LogP contribution < -0.4 is 0 Å². The summed E-state index contributed by atoms with van der Waals surface area (Å²) in [4.78, 5) is 9.31. The van der Waals surface area contributed by atoms with E-state index in [0.29, 0.717) is 0 Å². The molecule has 6 aromatic rings. The van der Waals surface area contributed by atoms with Gasteiger partial charge >= 0.3 is 0 Å². The molecule has 2 nitrogen and oxygen atoms in total. The number of fused-ring (bicyclic) bond motifs is 6. The van der Waals surface area contributed by atoms with Crippen LogP contribution in [0.1, 0.15) is 15.1 Å². The van der Waals surface area contributed by atoms with Crippen LogP contribution in [0.25, 0.3) is 43.4 Å². The average molecular weight is 544 g/mol. The summed E-state index contributed by atoms with van der Waals surface area (Å²) in [5.41, 5.74) is 4.23. The summed E-state index contributed by atoms with van der Waals surface area (Å²) in [6, 6.07) is 33.6. The number of aromatic nitrogens is 2. The monoisotopic (exact) mass is 542 g/mol. The molecule has 6 rings (SSSR count). The lowest BCUT2D eigenvalue weighted by Gasteiger charge is -2.06. The SMILES string of the molecule is BrC(Br)c1ccc2ccc3ccccc3c2n1.Cc1ccc2ccc3ccccc3c2n1. The molecule has 0 aliphatic heterocycles. The van der Waals surface area contributed by atoms with Crippen molar-refractivity contribution >= 4 is 75.2 Å². The van der Waals surface area contributed by atoms with Crippen molar-refractivity contribution in [2.75, 3.05) is 0 Å². The molecular weight excluding hydrogens is 524 g/mol. The second-order valence-corrected chi connectivity index (χ2v) is 10.8. The summed E-state index contributed by atoms with van der Waals surface area (Å²) in [6.45, 7) is 2.03. The second kappa shape index (κ2) is 8.97. The molecule has 0 atom stereocenters. The topological polar surface area (TPSA) is 25.8 Å². The van der Waals surface area contributed by atoms with E-state index in [2.05, 4.69) is 128 Å². The Labute approximate surface area is 203 Å². The van der Waals surface area contributed by atoms with Crippen molar-refractivity contribution in [1.82, 2.24) is 9.97 Å². The number of hydrogen-bond acceptors (Lipinski definition) is 2.